The summed E-state index contributed by atoms with van der Waals surface area (Å²) >= 11 is 0. The molecule has 0 atom stereocenters. The van der Waals surface area contributed by atoms with Gasteiger partial charge in [-0.25, -0.2) is 5.48 Å². The molecular formula is C11H16N2O2. The maximum absolute atomic E-state index is 11.5. The molecule has 0 aromatic heterocycles. The third kappa shape index (κ3) is 3.99. The zero-order valence-corrected chi connectivity index (χ0v) is 9.20. The molecule has 1 amide bonds. The largest absolute Gasteiger partial charge is 0.399 e. The summed E-state index contributed by atoms with van der Waals surface area (Å²) in [5.41, 5.74) is 8.64. The Balaban J connectivity index is 2.58. The van der Waals surface area contributed by atoms with Crippen LogP contribution in [0.1, 0.15) is 31.1 Å². The lowest BCUT2D eigenvalue weighted by Gasteiger charge is -2.18. The van der Waals surface area contributed by atoms with Crippen LogP contribution in [0.3, 0.4) is 0 Å². The van der Waals surface area contributed by atoms with Gasteiger partial charge in [-0.15, -0.1) is 0 Å². The molecule has 82 valence electrons. The SMILES string of the molecule is CC(C)(C)ONC(=O)c1ccc(N)cc1. The van der Waals surface area contributed by atoms with Gasteiger partial charge in [-0.2, -0.15) is 0 Å². The van der Waals surface area contributed by atoms with E-state index in [1.807, 2.05) is 20.8 Å². The van der Waals surface area contributed by atoms with Gasteiger partial charge in [-0.05, 0) is 45.0 Å². The van der Waals surface area contributed by atoms with E-state index in [9.17, 15) is 4.79 Å². The topological polar surface area (TPSA) is 64.3 Å². The molecule has 15 heavy (non-hydrogen) atoms. The zero-order valence-electron chi connectivity index (χ0n) is 9.20. The summed E-state index contributed by atoms with van der Waals surface area (Å²) in [6, 6.07) is 6.64. The number of rotatable bonds is 2. The summed E-state index contributed by atoms with van der Waals surface area (Å²) in [6.45, 7) is 5.57. The number of nitrogens with one attached hydrogen (secondary N) is 1. The van der Waals surface area contributed by atoms with Crippen molar-refractivity contribution in [2.24, 2.45) is 0 Å². The van der Waals surface area contributed by atoms with Crippen LogP contribution >= 0.6 is 0 Å². The number of carbonyl (C=O) groups excluding carboxylic acids is 1. The van der Waals surface area contributed by atoms with Gasteiger partial charge >= 0.3 is 0 Å². The first-order valence-electron chi connectivity index (χ1n) is 4.72. The number of anilines is 1. The molecule has 0 heterocycles. The van der Waals surface area contributed by atoms with Crippen molar-refractivity contribution >= 4 is 11.6 Å². The van der Waals surface area contributed by atoms with E-state index in [1.54, 1.807) is 24.3 Å². The summed E-state index contributed by atoms with van der Waals surface area (Å²) in [6.07, 6.45) is 0. The molecule has 0 bridgehead atoms. The van der Waals surface area contributed by atoms with Gasteiger partial charge in [0.25, 0.3) is 5.91 Å². The number of benzene rings is 1. The number of hydrogen-bond acceptors (Lipinski definition) is 3. The Hall–Kier alpha value is -1.55. The average Bonchev–Trinajstić information content (AvgIpc) is 2.14. The highest BCUT2D eigenvalue weighted by Crippen LogP contribution is 2.07. The number of carbonyl (C=O) groups is 1. The number of nitrogens with two attached hydrogens (primary N) is 1. The third-order valence-electron chi connectivity index (χ3n) is 1.62. The van der Waals surface area contributed by atoms with Gasteiger partial charge in [-0.3, -0.25) is 9.63 Å². The summed E-state index contributed by atoms with van der Waals surface area (Å²) in [4.78, 5) is 16.7. The monoisotopic (exact) mass is 208 g/mol. The maximum Gasteiger partial charge on any atom is 0.274 e. The molecule has 0 aliphatic rings. The van der Waals surface area contributed by atoms with Crippen molar-refractivity contribution in [3.8, 4) is 0 Å². The lowest BCUT2D eigenvalue weighted by molar-refractivity contribution is -0.0589. The van der Waals surface area contributed by atoms with Gasteiger partial charge in [0.1, 0.15) is 0 Å². The Kier molecular flexibility index (Phi) is 3.31. The first-order chi connectivity index (χ1) is 6.88. The van der Waals surface area contributed by atoms with Crippen LogP contribution in [0, 0.1) is 0 Å². The first-order valence-corrected chi connectivity index (χ1v) is 4.72. The van der Waals surface area contributed by atoms with E-state index in [4.69, 9.17) is 10.6 Å². The lowest BCUT2D eigenvalue weighted by Crippen LogP contribution is -2.33. The van der Waals surface area contributed by atoms with E-state index >= 15 is 0 Å². The molecule has 0 unspecified atom stereocenters. The van der Waals surface area contributed by atoms with Gasteiger partial charge in [-0.1, -0.05) is 0 Å². The summed E-state index contributed by atoms with van der Waals surface area (Å²) in [5.74, 6) is -0.273. The van der Waals surface area contributed by atoms with Crippen molar-refractivity contribution in [1.82, 2.24) is 5.48 Å². The van der Waals surface area contributed by atoms with Crippen LogP contribution < -0.4 is 11.2 Å². The molecule has 0 fully saturated rings. The Labute approximate surface area is 89.4 Å². The molecule has 1 aromatic rings. The Morgan fingerprint density at radius 3 is 2.27 bits per heavy atom. The van der Waals surface area contributed by atoms with E-state index < -0.39 is 5.60 Å². The number of hydroxylamine groups is 1. The average molecular weight is 208 g/mol. The van der Waals surface area contributed by atoms with Gasteiger partial charge in [0, 0.05) is 11.3 Å². The van der Waals surface area contributed by atoms with Gasteiger partial charge in [0.15, 0.2) is 0 Å². The molecule has 4 heteroatoms. The Bertz CT molecular complexity index is 339. The van der Waals surface area contributed by atoms with E-state index in [-0.39, 0.29) is 5.91 Å². The minimum absolute atomic E-state index is 0.273. The molecule has 0 radical (unpaired) electrons. The molecule has 0 saturated carbocycles. The van der Waals surface area contributed by atoms with Crippen molar-refractivity contribution in [2.45, 2.75) is 26.4 Å². The normalized spacial score (nSPS) is 11.1. The molecule has 0 saturated heterocycles. The highest BCUT2D eigenvalue weighted by Gasteiger charge is 2.13. The Morgan fingerprint density at radius 1 is 1.27 bits per heavy atom. The fourth-order valence-electron chi connectivity index (χ4n) is 0.893. The summed E-state index contributed by atoms with van der Waals surface area (Å²) in [5, 5.41) is 0. The fraction of sp³-hybridized carbons (Fsp3) is 0.364. The molecule has 0 aliphatic carbocycles. The molecule has 1 rings (SSSR count). The minimum atomic E-state index is -0.399. The minimum Gasteiger partial charge on any atom is -0.399 e. The lowest BCUT2D eigenvalue weighted by atomic mass is 10.2. The quantitative estimate of drug-likeness (QED) is 0.574. The second-order valence-corrected chi connectivity index (χ2v) is 4.27. The van der Waals surface area contributed by atoms with Crippen LogP contribution in [0.2, 0.25) is 0 Å². The molecule has 0 spiro atoms. The molecule has 0 aliphatic heterocycles. The Morgan fingerprint density at radius 2 is 1.80 bits per heavy atom. The van der Waals surface area contributed by atoms with Crippen molar-refractivity contribution < 1.29 is 9.63 Å². The number of amides is 1. The maximum atomic E-state index is 11.5. The predicted octanol–water partition coefficient (Wildman–Crippen LogP) is 1.73. The first kappa shape index (κ1) is 11.5. The van der Waals surface area contributed by atoms with E-state index in [2.05, 4.69) is 5.48 Å². The summed E-state index contributed by atoms with van der Waals surface area (Å²) in [7, 11) is 0. The van der Waals surface area contributed by atoms with Gasteiger partial charge in [0.05, 0.1) is 5.60 Å². The third-order valence-corrected chi connectivity index (χ3v) is 1.62. The van der Waals surface area contributed by atoms with Gasteiger partial charge in [0.2, 0.25) is 0 Å². The van der Waals surface area contributed by atoms with Crippen LogP contribution in [0.25, 0.3) is 0 Å². The van der Waals surface area contributed by atoms with Crippen LogP contribution in [0.15, 0.2) is 24.3 Å². The molecule has 1 aromatic carbocycles. The summed E-state index contributed by atoms with van der Waals surface area (Å²) < 4.78 is 0. The van der Waals surface area contributed by atoms with Crippen molar-refractivity contribution in [3.05, 3.63) is 29.8 Å². The van der Waals surface area contributed by atoms with Crippen LogP contribution in [-0.4, -0.2) is 11.5 Å². The smallest absolute Gasteiger partial charge is 0.274 e. The highest BCUT2D eigenvalue weighted by molar-refractivity contribution is 5.93. The highest BCUT2D eigenvalue weighted by atomic mass is 16.7. The number of hydrogen-bond donors (Lipinski definition) is 2. The molecular weight excluding hydrogens is 192 g/mol. The van der Waals surface area contributed by atoms with Crippen molar-refractivity contribution in [1.29, 1.82) is 0 Å². The predicted molar refractivity (Wildman–Crippen MR) is 59.2 cm³/mol. The number of nitrogen functional groups attached to an aromatic ring is 1. The van der Waals surface area contributed by atoms with Crippen LogP contribution in [-0.2, 0) is 4.84 Å². The van der Waals surface area contributed by atoms with Crippen LogP contribution in [0.4, 0.5) is 5.69 Å². The van der Waals surface area contributed by atoms with Crippen molar-refractivity contribution in [2.75, 3.05) is 5.73 Å². The van der Waals surface area contributed by atoms with E-state index in [0.717, 1.165) is 0 Å². The zero-order chi connectivity index (χ0) is 11.5. The van der Waals surface area contributed by atoms with Crippen molar-refractivity contribution in [3.63, 3.8) is 0 Å². The van der Waals surface area contributed by atoms with Gasteiger partial charge < -0.3 is 5.73 Å². The second-order valence-electron chi connectivity index (χ2n) is 4.27. The second kappa shape index (κ2) is 4.31. The van der Waals surface area contributed by atoms with E-state index in [1.165, 1.54) is 0 Å². The standard InChI is InChI=1S/C11H16N2O2/c1-11(2,3)15-13-10(14)8-4-6-9(12)7-5-8/h4-7H,12H2,1-3H3,(H,13,14). The molecule has 4 nitrogen and oxygen atoms in total. The fourth-order valence-corrected chi connectivity index (χ4v) is 0.893. The van der Waals surface area contributed by atoms with Crippen LogP contribution in [0.5, 0.6) is 0 Å². The molecule has 3 N–H and O–H groups in total. The van der Waals surface area contributed by atoms with E-state index in [0.29, 0.717) is 11.3 Å².